The maximum atomic E-state index is 5.20. The van der Waals surface area contributed by atoms with E-state index >= 15 is 0 Å². The van der Waals surface area contributed by atoms with E-state index in [0.29, 0.717) is 6.04 Å². The van der Waals surface area contributed by atoms with Crippen LogP contribution < -0.4 is 10.6 Å². The second kappa shape index (κ2) is 5.54. The van der Waals surface area contributed by atoms with Gasteiger partial charge in [-0.3, -0.25) is 0 Å². The Hall–Kier alpha value is -0.310. The predicted molar refractivity (Wildman–Crippen MR) is 65.4 cm³/mol. The lowest BCUT2D eigenvalue weighted by atomic mass is 9.94. The van der Waals surface area contributed by atoms with Crippen LogP contribution in [0.3, 0.4) is 0 Å². The van der Waals surface area contributed by atoms with E-state index in [2.05, 4.69) is 31.4 Å². The van der Waals surface area contributed by atoms with Gasteiger partial charge in [-0.1, -0.05) is 20.3 Å². The van der Waals surface area contributed by atoms with Crippen molar-refractivity contribution < 1.29 is 0 Å². The van der Waals surface area contributed by atoms with Gasteiger partial charge in [0.15, 0.2) is 5.11 Å². The van der Waals surface area contributed by atoms with E-state index in [1.165, 1.54) is 19.3 Å². The van der Waals surface area contributed by atoms with Gasteiger partial charge in [0.2, 0.25) is 0 Å². The van der Waals surface area contributed by atoms with E-state index in [1.54, 1.807) is 0 Å². The molecule has 0 saturated heterocycles. The molecule has 0 heterocycles. The Morgan fingerprint density at radius 2 is 2.07 bits per heavy atom. The van der Waals surface area contributed by atoms with Crippen molar-refractivity contribution in [2.75, 3.05) is 6.54 Å². The molecule has 1 aliphatic carbocycles. The van der Waals surface area contributed by atoms with Crippen molar-refractivity contribution in [2.45, 2.75) is 46.1 Å². The highest BCUT2D eigenvalue weighted by Crippen LogP contribution is 2.33. The summed E-state index contributed by atoms with van der Waals surface area (Å²) in [5, 5.41) is 7.38. The molecule has 0 aliphatic heterocycles. The minimum Gasteiger partial charge on any atom is -0.363 e. The Balaban J connectivity index is 2.36. The second-order valence-corrected chi connectivity index (χ2v) is 4.62. The lowest BCUT2D eigenvalue weighted by molar-refractivity contribution is 0.368. The van der Waals surface area contributed by atoms with E-state index < -0.39 is 0 Å². The summed E-state index contributed by atoms with van der Waals surface area (Å²) in [6, 6.07) is 0.589. The Morgan fingerprint density at radius 1 is 1.36 bits per heavy atom. The first-order valence-electron chi connectivity index (χ1n) is 5.73. The summed E-state index contributed by atoms with van der Waals surface area (Å²) >= 11 is 5.20. The minimum absolute atomic E-state index is 0.589. The number of hydrogen-bond donors (Lipinski definition) is 2. The van der Waals surface area contributed by atoms with E-state index in [0.717, 1.165) is 23.5 Å². The predicted octanol–water partition coefficient (Wildman–Crippen LogP) is 2.30. The highest BCUT2D eigenvalue weighted by atomic mass is 32.1. The fourth-order valence-electron chi connectivity index (χ4n) is 2.41. The van der Waals surface area contributed by atoms with E-state index in [1.807, 2.05) is 0 Å². The fourth-order valence-corrected chi connectivity index (χ4v) is 2.70. The third kappa shape index (κ3) is 2.84. The van der Waals surface area contributed by atoms with Crippen LogP contribution in [0.15, 0.2) is 0 Å². The van der Waals surface area contributed by atoms with Crippen LogP contribution >= 0.6 is 12.2 Å². The van der Waals surface area contributed by atoms with Crippen LogP contribution in [0.25, 0.3) is 0 Å². The molecule has 1 rings (SSSR count). The highest BCUT2D eigenvalue weighted by Gasteiger charge is 2.31. The monoisotopic (exact) mass is 214 g/mol. The molecule has 14 heavy (non-hydrogen) atoms. The summed E-state index contributed by atoms with van der Waals surface area (Å²) in [6.45, 7) is 7.60. The third-order valence-electron chi connectivity index (χ3n) is 3.40. The molecule has 3 unspecified atom stereocenters. The van der Waals surface area contributed by atoms with Crippen molar-refractivity contribution in [1.82, 2.24) is 10.6 Å². The number of hydrogen-bond acceptors (Lipinski definition) is 1. The fraction of sp³-hybridized carbons (Fsp3) is 0.909. The van der Waals surface area contributed by atoms with Crippen LogP contribution in [0.1, 0.15) is 40.0 Å². The van der Waals surface area contributed by atoms with Crippen LogP contribution in [-0.4, -0.2) is 17.7 Å². The molecule has 3 heteroatoms. The van der Waals surface area contributed by atoms with Gasteiger partial charge in [0.05, 0.1) is 0 Å². The van der Waals surface area contributed by atoms with Crippen molar-refractivity contribution in [1.29, 1.82) is 0 Å². The molecule has 1 aliphatic rings. The number of thiocarbonyl (C=S) groups is 1. The van der Waals surface area contributed by atoms with Crippen molar-refractivity contribution in [2.24, 2.45) is 11.8 Å². The van der Waals surface area contributed by atoms with Crippen LogP contribution in [0.2, 0.25) is 0 Å². The quantitative estimate of drug-likeness (QED) is 0.705. The standard InChI is InChI=1S/C11H22N2S/c1-4-9-6-7-10(8(9)3)13-11(14)12-5-2/h8-10H,4-7H2,1-3H3,(H2,12,13,14). The Bertz CT molecular complexity index is 194. The summed E-state index contributed by atoms with van der Waals surface area (Å²) in [4.78, 5) is 0. The molecule has 2 nitrogen and oxygen atoms in total. The second-order valence-electron chi connectivity index (χ2n) is 4.22. The normalized spacial score (nSPS) is 31.5. The molecule has 0 aromatic carbocycles. The first-order chi connectivity index (χ1) is 6.69. The molecular formula is C11H22N2S. The molecule has 0 amide bonds. The summed E-state index contributed by atoms with van der Waals surface area (Å²) in [5.41, 5.74) is 0. The molecule has 1 fully saturated rings. The topological polar surface area (TPSA) is 24.1 Å². The molecule has 0 aromatic rings. The molecule has 3 atom stereocenters. The summed E-state index contributed by atoms with van der Waals surface area (Å²) < 4.78 is 0. The third-order valence-corrected chi connectivity index (χ3v) is 3.67. The average molecular weight is 214 g/mol. The van der Waals surface area contributed by atoms with Gasteiger partial charge in [0.25, 0.3) is 0 Å². The molecule has 82 valence electrons. The highest BCUT2D eigenvalue weighted by molar-refractivity contribution is 7.80. The van der Waals surface area contributed by atoms with Crippen molar-refractivity contribution >= 4 is 17.3 Å². The maximum absolute atomic E-state index is 5.20. The Labute approximate surface area is 92.8 Å². The van der Waals surface area contributed by atoms with Gasteiger partial charge < -0.3 is 10.6 Å². The van der Waals surface area contributed by atoms with Gasteiger partial charge in [-0.15, -0.1) is 0 Å². The van der Waals surface area contributed by atoms with Crippen LogP contribution in [0.5, 0.6) is 0 Å². The van der Waals surface area contributed by atoms with Crippen molar-refractivity contribution in [3.05, 3.63) is 0 Å². The summed E-state index contributed by atoms with van der Waals surface area (Å²) in [7, 11) is 0. The molecule has 1 saturated carbocycles. The van der Waals surface area contributed by atoms with E-state index in [4.69, 9.17) is 12.2 Å². The van der Waals surface area contributed by atoms with E-state index in [-0.39, 0.29) is 0 Å². The molecule has 0 spiro atoms. The Morgan fingerprint density at radius 3 is 2.57 bits per heavy atom. The van der Waals surface area contributed by atoms with Gasteiger partial charge in [-0.05, 0) is 43.8 Å². The zero-order valence-electron chi connectivity index (χ0n) is 9.47. The lowest BCUT2D eigenvalue weighted by Crippen LogP contribution is -2.43. The summed E-state index contributed by atoms with van der Waals surface area (Å²) in [6.07, 6.45) is 3.92. The van der Waals surface area contributed by atoms with Gasteiger partial charge >= 0.3 is 0 Å². The first-order valence-corrected chi connectivity index (χ1v) is 6.14. The molecule has 0 radical (unpaired) electrons. The average Bonchev–Trinajstić information content (AvgIpc) is 2.48. The molecular weight excluding hydrogens is 192 g/mol. The van der Waals surface area contributed by atoms with Crippen LogP contribution in [-0.2, 0) is 0 Å². The summed E-state index contributed by atoms with van der Waals surface area (Å²) in [5.74, 6) is 1.65. The molecule has 0 aromatic heterocycles. The van der Waals surface area contributed by atoms with E-state index in [9.17, 15) is 0 Å². The van der Waals surface area contributed by atoms with Gasteiger partial charge in [0, 0.05) is 12.6 Å². The molecule has 2 N–H and O–H groups in total. The van der Waals surface area contributed by atoms with Gasteiger partial charge in [0.1, 0.15) is 0 Å². The lowest BCUT2D eigenvalue weighted by Gasteiger charge is -2.22. The Kier molecular flexibility index (Phi) is 4.66. The smallest absolute Gasteiger partial charge is 0.166 e. The molecule has 0 bridgehead atoms. The zero-order chi connectivity index (χ0) is 10.6. The van der Waals surface area contributed by atoms with Crippen LogP contribution in [0.4, 0.5) is 0 Å². The largest absolute Gasteiger partial charge is 0.363 e. The minimum atomic E-state index is 0.589. The maximum Gasteiger partial charge on any atom is 0.166 e. The number of nitrogens with one attached hydrogen (secondary N) is 2. The van der Waals surface area contributed by atoms with Crippen LogP contribution in [0, 0.1) is 11.8 Å². The van der Waals surface area contributed by atoms with Gasteiger partial charge in [-0.2, -0.15) is 0 Å². The zero-order valence-corrected chi connectivity index (χ0v) is 10.3. The SMILES string of the molecule is CCNC(=S)NC1CCC(CC)C1C. The first kappa shape index (κ1) is 11.8. The van der Waals surface area contributed by atoms with Crippen molar-refractivity contribution in [3.8, 4) is 0 Å². The number of rotatable bonds is 3. The van der Waals surface area contributed by atoms with Gasteiger partial charge in [-0.25, -0.2) is 0 Å². The van der Waals surface area contributed by atoms with Crippen molar-refractivity contribution in [3.63, 3.8) is 0 Å².